The smallest absolute Gasteiger partial charge is 0.324 e. The van der Waals surface area contributed by atoms with Crippen LogP contribution in [0.4, 0.5) is 5.13 Å². The van der Waals surface area contributed by atoms with E-state index in [1.807, 2.05) is 0 Å². The molecule has 0 saturated carbocycles. The predicted molar refractivity (Wildman–Crippen MR) is 101 cm³/mol. The maximum atomic E-state index is 12.6. The van der Waals surface area contributed by atoms with Crippen molar-refractivity contribution in [3.05, 3.63) is 5.82 Å². The van der Waals surface area contributed by atoms with Gasteiger partial charge in [0.25, 0.3) is 5.91 Å². The summed E-state index contributed by atoms with van der Waals surface area (Å²) in [6.07, 6.45) is 5.38. The van der Waals surface area contributed by atoms with Crippen molar-refractivity contribution >= 4 is 51.9 Å². The van der Waals surface area contributed by atoms with Crippen LogP contribution in [-0.2, 0) is 19.2 Å². The zero-order chi connectivity index (χ0) is 20.5. The number of amides is 2. The van der Waals surface area contributed by atoms with E-state index in [0.717, 1.165) is 11.5 Å². The van der Waals surface area contributed by atoms with Crippen LogP contribution in [0.2, 0.25) is 0 Å². The molecule has 1 aromatic heterocycles. The number of aromatic nitrogens is 2. The monoisotopic (exact) mass is 424 g/mol. The number of nitrogen functional groups attached to an aromatic ring is 1. The van der Waals surface area contributed by atoms with Gasteiger partial charge < -0.3 is 25.9 Å². The van der Waals surface area contributed by atoms with Gasteiger partial charge in [-0.1, -0.05) is 11.1 Å². The Balaban J connectivity index is 1.72. The van der Waals surface area contributed by atoms with E-state index in [2.05, 4.69) is 25.8 Å². The van der Waals surface area contributed by atoms with Gasteiger partial charge in [-0.2, -0.15) is 9.36 Å². The average molecular weight is 424 g/mol. The zero-order valence-electron chi connectivity index (χ0n) is 14.6. The van der Waals surface area contributed by atoms with E-state index < -0.39 is 34.6 Å². The summed E-state index contributed by atoms with van der Waals surface area (Å²) in [6.45, 7) is 1.80. The van der Waals surface area contributed by atoms with Crippen LogP contribution in [-0.4, -0.2) is 73.2 Å². The number of terminal acetylenes is 1. The molecule has 3 rings (SSSR count). The Morgan fingerprint density at radius 3 is 2.93 bits per heavy atom. The predicted octanol–water partition coefficient (Wildman–Crippen LogP) is -1.03. The topological polar surface area (TPSA) is 160 Å². The lowest BCUT2D eigenvalue weighted by Crippen LogP contribution is -2.73. The van der Waals surface area contributed by atoms with Gasteiger partial charge >= 0.3 is 5.97 Å². The molecule has 2 aliphatic heterocycles. The molecule has 0 aliphatic carbocycles. The molecule has 28 heavy (non-hydrogen) atoms. The molecule has 3 atom stereocenters. The fraction of sp³-hybridized carbons (Fsp3) is 0.467. The lowest BCUT2D eigenvalue weighted by Gasteiger charge is -2.52. The van der Waals surface area contributed by atoms with E-state index in [1.54, 1.807) is 6.92 Å². The van der Waals surface area contributed by atoms with E-state index in [-0.39, 0.29) is 35.6 Å². The van der Waals surface area contributed by atoms with Crippen molar-refractivity contribution in [3.63, 3.8) is 0 Å². The molecular weight excluding hydrogens is 408 g/mol. The molecule has 2 saturated heterocycles. The first kappa shape index (κ1) is 19.9. The summed E-state index contributed by atoms with van der Waals surface area (Å²) < 4.78 is 3.94. The second-order valence-corrected chi connectivity index (χ2v) is 7.85. The molecule has 13 heteroatoms. The highest BCUT2D eigenvalue weighted by molar-refractivity contribution is 8.00. The number of nitrogens with one attached hydrogen (secondary N) is 1. The molecule has 4 N–H and O–H groups in total. The Hall–Kier alpha value is -2.85. The summed E-state index contributed by atoms with van der Waals surface area (Å²) in [5, 5.41) is 15.4. The zero-order valence-corrected chi connectivity index (χ0v) is 16.2. The third kappa shape index (κ3) is 3.36. The first-order valence-corrected chi connectivity index (χ1v) is 9.89. The van der Waals surface area contributed by atoms with E-state index in [0.29, 0.717) is 0 Å². The summed E-state index contributed by atoms with van der Waals surface area (Å²) >= 11 is 2.10. The highest BCUT2D eigenvalue weighted by Crippen LogP contribution is 2.41. The molecule has 0 aromatic carbocycles. The van der Waals surface area contributed by atoms with E-state index in [9.17, 15) is 19.5 Å². The molecule has 2 aliphatic rings. The van der Waals surface area contributed by atoms with Crippen molar-refractivity contribution in [1.82, 2.24) is 19.6 Å². The van der Waals surface area contributed by atoms with Crippen LogP contribution in [0.15, 0.2) is 5.16 Å². The Labute approximate surface area is 167 Å². The van der Waals surface area contributed by atoms with Gasteiger partial charge in [0, 0.05) is 23.8 Å². The SMILES string of the molecule is C#CC1(C(=O)O)CS[C@@H]2C(NC(=O)C(=NOCC)c3nsc(N)n3)C(=O)N2C1. The molecule has 2 amide bonds. The van der Waals surface area contributed by atoms with Crippen molar-refractivity contribution in [3.8, 4) is 12.3 Å². The number of aliphatic carboxylic acids is 1. The van der Waals surface area contributed by atoms with Crippen molar-refractivity contribution in [2.24, 2.45) is 10.6 Å². The fourth-order valence-electron chi connectivity index (χ4n) is 2.71. The van der Waals surface area contributed by atoms with E-state index in [4.69, 9.17) is 17.0 Å². The number of hydrogen-bond donors (Lipinski definition) is 3. The maximum Gasteiger partial charge on any atom is 0.324 e. The normalized spacial score (nSPS) is 26.6. The third-order valence-electron chi connectivity index (χ3n) is 4.21. The molecule has 1 aromatic rings. The van der Waals surface area contributed by atoms with Crippen molar-refractivity contribution < 1.29 is 24.3 Å². The van der Waals surface area contributed by atoms with Gasteiger partial charge in [0.1, 0.15) is 18.0 Å². The minimum atomic E-state index is -1.44. The molecule has 2 fully saturated rings. The lowest BCUT2D eigenvalue weighted by atomic mass is 9.88. The van der Waals surface area contributed by atoms with Gasteiger partial charge in [0.2, 0.25) is 17.4 Å². The minimum absolute atomic E-state index is 0.00870. The Bertz CT molecular complexity index is 896. The lowest BCUT2D eigenvalue weighted by molar-refractivity contribution is -0.155. The number of carboxylic acids is 1. The number of oxime groups is 1. The number of anilines is 1. The number of carboxylic acid groups (broad SMARTS) is 1. The van der Waals surface area contributed by atoms with Gasteiger partial charge in [0.05, 0.1) is 0 Å². The number of carbonyl (C=O) groups is 3. The third-order valence-corrected chi connectivity index (χ3v) is 6.28. The van der Waals surface area contributed by atoms with Crippen molar-refractivity contribution in [2.75, 3.05) is 24.6 Å². The van der Waals surface area contributed by atoms with E-state index in [1.165, 1.54) is 16.7 Å². The first-order chi connectivity index (χ1) is 13.3. The highest BCUT2D eigenvalue weighted by Gasteiger charge is 2.57. The standard InChI is InChI=1S/C15H16N6O5S2/c1-3-15(13(24)25)5-21-11(23)8(12(21)27-6-15)17-10(22)7(19-26-4-2)9-18-14(16)28-20-9/h1,8,12H,4-6H2,2H3,(H,17,22)(H,24,25)(H2,16,18,20)/t8?,12-,15?/m1/s1. The summed E-state index contributed by atoms with van der Waals surface area (Å²) in [5.41, 5.74) is 3.91. The number of nitrogens with zero attached hydrogens (tertiary/aromatic N) is 4. The van der Waals surface area contributed by atoms with Crippen LogP contribution in [0.25, 0.3) is 0 Å². The van der Waals surface area contributed by atoms with Gasteiger partial charge in [-0.3, -0.25) is 14.4 Å². The number of nitrogens with two attached hydrogens (primary N) is 1. The Kier molecular flexibility index (Phi) is 5.43. The largest absolute Gasteiger partial charge is 0.480 e. The molecule has 0 bridgehead atoms. The number of hydrogen-bond acceptors (Lipinski definition) is 10. The molecule has 11 nitrogen and oxygen atoms in total. The highest BCUT2D eigenvalue weighted by atomic mass is 32.2. The molecule has 0 radical (unpaired) electrons. The summed E-state index contributed by atoms with van der Waals surface area (Å²) in [7, 11) is 0. The second-order valence-electron chi connectivity index (χ2n) is 5.96. The van der Waals surface area contributed by atoms with Crippen LogP contribution in [0.1, 0.15) is 12.7 Å². The number of β-lactam (4-membered cyclic amide) rings is 1. The number of carbonyl (C=O) groups excluding carboxylic acids is 2. The average Bonchev–Trinajstić information content (AvgIpc) is 3.11. The Morgan fingerprint density at radius 2 is 2.36 bits per heavy atom. The molecule has 0 spiro atoms. The fourth-order valence-corrected chi connectivity index (χ4v) is 4.63. The molecular formula is C15H16N6O5S2. The van der Waals surface area contributed by atoms with Crippen LogP contribution in [0, 0.1) is 17.8 Å². The number of thioether (sulfide) groups is 1. The second kappa shape index (κ2) is 7.64. The molecule has 3 heterocycles. The number of rotatable bonds is 6. The van der Waals surface area contributed by atoms with Crippen LogP contribution < -0.4 is 11.1 Å². The summed E-state index contributed by atoms with van der Waals surface area (Å²) in [4.78, 5) is 46.8. The van der Waals surface area contributed by atoms with Gasteiger partial charge in [0.15, 0.2) is 10.5 Å². The summed E-state index contributed by atoms with van der Waals surface area (Å²) in [6, 6.07) is -0.843. The van der Waals surface area contributed by atoms with Crippen LogP contribution in [0.5, 0.6) is 0 Å². The molecule has 2 unspecified atom stereocenters. The first-order valence-electron chi connectivity index (χ1n) is 8.06. The van der Waals surface area contributed by atoms with Crippen LogP contribution in [0.3, 0.4) is 0 Å². The van der Waals surface area contributed by atoms with Crippen LogP contribution >= 0.6 is 23.3 Å². The van der Waals surface area contributed by atoms with Gasteiger partial charge in [-0.05, 0) is 6.92 Å². The van der Waals surface area contributed by atoms with Gasteiger partial charge in [-0.15, -0.1) is 18.2 Å². The maximum absolute atomic E-state index is 12.6. The summed E-state index contributed by atoms with van der Waals surface area (Å²) in [5.74, 6) is 0.125. The molecule has 148 valence electrons. The minimum Gasteiger partial charge on any atom is -0.480 e. The van der Waals surface area contributed by atoms with E-state index >= 15 is 0 Å². The van der Waals surface area contributed by atoms with Crippen molar-refractivity contribution in [1.29, 1.82) is 0 Å². The van der Waals surface area contributed by atoms with Crippen molar-refractivity contribution in [2.45, 2.75) is 18.3 Å². The Morgan fingerprint density at radius 1 is 1.61 bits per heavy atom. The number of fused-ring (bicyclic) bond motifs is 1. The van der Waals surface area contributed by atoms with Gasteiger partial charge in [-0.25, -0.2) is 0 Å². The quantitative estimate of drug-likeness (QED) is 0.224.